The van der Waals surface area contributed by atoms with E-state index in [1.807, 2.05) is 0 Å². The van der Waals surface area contributed by atoms with Crippen LogP contribution in [0.3, 0.4) is 0 Å². The lowest BCUT2D eigenvalue weighted by atomic mass is 9.96. The first-order valence-electron chi connectivity index (χ1n) is 21.3. The third kappa shape index (κ3) is 6.84. The van der Waals surface area contributed by atoms with Gasteiger partial charge in [-0.1, -0.05) is 194 Å². The number of benzene rings is 10. The Kier molecular flexibility index (Phi) is 9.57. The molecule has 11 aromatic rings. The molecule has 10 aromatic carbocycles. The van der Waals surface area contributed by atoms with Crippen LogP contribution in [0.2, 0.25) is 0 Å². The van der Waals surface area contributed by atoms with Crippen LogP contribution in [0, 0.1) is 0 Å². The molecule has 0 saturated carbocycles. The number of hydrogen-bond acceptors (Lipinski definition) is 1. The van der Waals surface area contributed by atoms with Gasteiger partial charge in [-0.3, -0.25) is 0 Å². The lowest BCUT2D eigenvalue weighted by Crippen LogP contribution is -2.09. The predicted molar refractivity (Wildman–Crippen MR) is 263 cm³/mol. The molecule has 0 spiro atoms. The maximum absolute atomic E-state index is 2.45. The van der Waals surface area contributed by atoms with Gasteiger partial charge in [-0.05, 0) is 111 Å². The van der Waals surface area contributed by atoms with Crippen molar-refractivity contribution >= 4 is 38.9 Å². The Morgan fingerprint density at radius 3 is 1.34 bits per heavy atom. The summed E-state index contributed by atoms with van der Waals surface area (Å²) in [7, 11) is 0. The fourth-order valence-electron chi connectivity index (χ4n) is 9.03. The SMILES string of the molecule is c1ccc(-c2ccc(-c3ccc(N(c4ccccc4)c4ccc(-c5ccccc5-n5c6ccccc6c6c(-c7cccc(-c8ccccc8)c7)cccc65)cc4)cc3)cc2)cc1. The number of rotatable bonds is 9. The van der Waals surface area contributed by atoms with Gasteiger partial charge in [0.1, 0.15) is 0 Å². The number of para-hydroxylation sites is 3. The minimum Gasteiger partial charge on any atom is -0.311 e. The summed E-state index contributed by atoms with van der Waals surface area (Å²) >= 11 is 0. The summed E-state index contributed by atoms with van der Waals surface area (Å²) in [6, 6.07) is 91.9. The lowest BCUT2D eigenvalue weighted by molar-refractivity contribution is 1.18. The molecule has 0 atom stereocenters. The highest BCUT2D eigenvalue weighted by molar-refractivity contribution is 6.16. The molecule has 1 heterocycles. The second kappa shape index (κ2) is 16.1. The van der Waals surface area contributed by atoms with Crippen LogP contribution in [0.15, 0.2) is 255 Å². The molecule has 0 bridgehead atoms. The Balaban J connectivity index is 0.959. The zero-order chi connectivity index (χ0) is 41.2. The summed E-state index contributed by atoms with van der Waals surface area (Å²) in [4.78, 5) is 2.33. The zero-order valence-corrected chi connectivity index (χ0v) is 34.1. The maximum atomic E-state index is 2.45. The van der Waals surface area contributed by atoms with E-state index >= 15 is 0 Å². The maximum Gasteiger partial charge on any atom is 0.0547 e. The van der Waals surface area contributed by atoms with E-state index in [0.29, 0.717) is 0 Å². The highest BCUT2D eigenvalue weighted by Crippen LogP contribution is 2.42. The van der Waals surface area contributed by atoms with Gasteiger partial charge in [0.15, 0.2) is 0 Å². The quantitative estimate of drug-likeness (QED) is 0.141. The Labute approximate surface area is 362 Å². The Hall–Kier alpha value is -8.20. The van der Waals surface area contributed by atoms with Crippen molar-refractivity contribution < 1.29 is 0 Å². The molecule has 0 N–H and O–H groups in total. The predicted octanol–water partition coefficient (Wildman–Crippen LogP) is 16.6. The monoisotopic (exact) mass is 790 g/mol. The molecule has 0 unspecified atom stereocenters. The average Bonchev–Trinajstić information content (AvgIpc) is 3.70. The summed E-state index contributed by atoms with van der Waals surface area (Å²) in [6.07, 6.45) is 0. The van der Waals surface area contributed by atoms with Gasteiger partial charge in [0.2, 0.25) is 0 Å². The van der Waals surface area contributed by atoms with E-state index in [1.165, 1.54) is 71.9 Å². The topological polar surface area (TPSA) is 8.17 Å². The van der Waals surface area contributed by atoms with Gasteiger partial charge in [-0.15, -0.1) is 0 Å². The van der Waals surface area contributed by atoms with Crippen LogP contribution in [-0.4, -0.2) is 4.57 Å². The summed E-state index contributed by atoms with van der Waals surface area (Å²) in [5, 5.41) is 2.49. The molecule has 0 radical (unpaired) electrons. The zero-order valence-electron chi connectivity index (χ0n) is 34.1. The summed E-state index contributed by atoms with van der Waals surface area (Å²) in [5.74, 6) is 0. The third-order valence-corrected chi connectivity index (χ3v) is 12.0. The van der Waals surface area contributed by atoms with E-state index in [0.717, 1.165) is 28.3 Å². The standard InChI is InChI=1S/C60H42N2/c1-4-16-43(17-5-1)45-30-32-46(33-31-45)47-34-38-52(39-35-47)61(51-22-8-3-9-23-51)53-40-36-48(37-41-53)54-24-10-12-27-57(54)62-58-28-13-11-25-56(58)60-55(26-15-29-59(60)62)50-21-14-20-49(42-50)44-18-6-2-7-19-44/h1-42H. The van der Waals surface area contributed by atoms with Gasteiger partial charge < -0.3 is 9.47 Å². The molecule has 0 saturated heterocycles. The molecule has 2 nitrogen and oxygen atoms in total. The molecule has 1 aromatic heterocycles. The highest BCUT2D eigenvalue weighted by Gasteiger charge is 2.19. The smallest absolute Gasteiger partial charge is 0.0547 e. The molecule has 0 aliphatic rings. The summed E-state index contributed by atoms with van der Waals surface area (Å²) in [5.41, 5.74) is 18.8. The first-order chi connectivity index (χ1) is 30.8. The first kappa shape index (κ1) is 36.8. The molecule has 0 aliphatic carbocycles. The molecular weight excluding hydrogens is 749 g/mol. The molecule has 0 amide bonds. The number of fused-ring (bicyclic) bond motifs is 3. The van der Waals surface area contributed by atoms with E-state index in [1.54, 1.807) is 0 Å². The number of hydrogen-bond donors (Lipinski definition) is 0. The summed E-state index contributed by atoms with van der Waals surface area (Å²) in [6.45, 7) is 0. The molecule has 62 heavy (non-hydrogen) atoms. The van der Waals surface area contributed by atoms with E-state index in [9.17, 15) is 0 Å². The van der Waals surface area contributed by atoms with Gasteiger partial charge in [0.25, 0.3) is 0 Å². The van der Waals surface area contributed by atoms with Crippen molar-refractivity contribution in [3.8, 4) is 61.3 Å². The summed E-state index contributed by atoms with van der Waals surface area (Å²) < 4.78 is 2.45. The van der Waals surface area contributed by atoms with Crippen molar-refractivity contribution in [2.75, 3.05) is 4.90 Å². The molecule has 292 valence electrons. The lowest BCUT2D eigenvalue weighted by Gasteiger charge is -2.26. The van der Waals surface area contributed by atoms with Crippen LogP contribution in [0.25, 0.3) is 83.1 Å². The Morgan fingerprint density at radius 2 is 0.677 bits per heavy atom. The van der Waals surface area contributed by atoms with Crippen LogP contribution < -0.4 is 4.90 Å². The minimum absolute atomic E-state index is 1.09. The molecule has 11 rings (SSSR count). The van der Waals surface area contributed by atoms with Gasteiger partial charge in [0.05, 0.1) is 16.7 Å². The second-order valence-corrected chi connectivity index (χ2v) is 15.7. The van der Waals surface area contributed by atoms with Gasteiger partial charge in [-0.2, -0.15) is 0 Å². The van der Waals surface area contributed by atoms with E-state index in [-0.39, 0.29) is 0 Å². The number of aromatic nitrogens is 1. The fourth-order valence-corrected chi connectivity index (χ4v) is 9.03. The van der Waals surface area contributed by atoms with Crippen molar-refractivity contribution in [2.45, 2.75) is 0 Å². The molecular formula is C60H42N2. The average molecular weight is 791 g/mol. The Morgan fingerprint density at radius 1 is 0.258 bits per heavy atom. The van der Waals surface area contributed by atoms with Crippen LogP contribution in [0.1, 0.15) is 0 Å². The van der Waals surface area contributed by atoms with Crippen molar-refractivity contribution in [1.82, 2.24) is 4.57 Å². The molecule has 0 aliphatic heterocycles. The fraction of sp³-hybridized carbons (Fsp3) is 0. The second-order valence-electron chi connectivity index (χ2n) is 15.7. The van der Waals surface area contributed by atoms with Crippen LogP contribution in [0.4, 0.5) is 17.1 Å². The van der Waals surface area contributed by atoms with Crippen molar-refractivity contribution in [3.63, 3.8) is 0 Å². The Bertz CT molecular complexity index is 3290. The van der Waals surface area contributed by atoms with Gasteiger partial charge in [0, 0.05) is 33.4 Å². The number of nitrogens with zero attached hydrogens (tertiary/aromatic N) is 2. The largest absolute Gasteiger partial charge is 0.311 e. The van der Waals surface area contributed by atoms with Crippen LogP contribution >= 0.6 is 0 Å². The third-order valence-electron chi connectivity index (χ3n) is 12.0. The normalized spacial score (nSPS) is 11.2. The van der Waals surface area contributed by atoms with Gasteiger partial charge in [-0.25, -0.2) is 0 Å². The van der Waals surface area contributed by atoms with Crippen LogP contribution in [0.5, 0.6) is 0 Å². The molecule has 0 fully saturated rings. The first-order valence-corrected chi connectivity index (χ1v) is 21.3. The van der Waals surface area contributed by atoms with E-state index in [2.05, 4.69) is 264 Å². The highest BCUT2D eigenvalue weighted by atomic mass is 15.1. The van der Waals surface area contributed by atoms with E-state index in [4.69, 9.17) is 0 Å². The van der Waals surface area contributed by atoms with Crippen molar-refractivity contribution in [2.24, 2.45) is 0 Å². The number of anilines is 3. The van der Waals surface area contributed by atoms with Crippen molar-refractivity contribution in [1.29, 1.82) is 0 Å². The van der Waals surface area contributed by atoms with Crippen molar-refractivity contribution in [3.05, 3.63) is 255 Å². The van der Waals surface area contributed by atoms with Gasteiger partial charge >= 0.3 is 0 Å². The van der Waals surface area contributed by atoms with Crippen LogP contribution in [-0.2, 0) is 0 Å². The minimum atomic E-state index is 1.09. The molecule has 2 heteroatoms. The van der Waals surface area contributed by atoms with E-state index < -0.39 is 0 Å².